The third-order valence-electron chi connectivity index (χ3n) is 6.74. The first-order valence-electron chi connectivity index (χ1n) is 11.4. The van der Waals surface area contributed by atoms with E-state index in [0.717, 1.165) is 36.3 Å². The molecule has 0 radical (unpaired) electrons. The standard InChI is InChI=1S/C26H24N4O3/c31-25(29-14-10-18-5-1-2-8-22(18)29)21-7-4-12-27-24(21)28-13-11-20-19(17-28)6-3-9-23(20)30-15-16-33-26(30)32/h1-9,12H,10-11,13-17H2. The van der Waals surface area contributed by atoms with E-state index in [1.807, 2.05) is 47.4 Å². The highest BCUT2D eigenvalue weighted by atomic mass is 16.6. The number of hydrogen-bond donors (Lipinski definition) is 0. The van der Waals surface area contributed by atoms with Gasteiger partial charge in [0, 0.05) is 31.5 Å². The zero-order valence-corrected chi connectivity index (χ0v) is 18.2. The molecule has 0 bridgehead atoms. The lowest BCUT2D eigenvalue weighted by molar-refractivity contribution is 0.0989. The van der Waals surface area contributed by atoms with Crippen LogP contribution in [0.25, 0.3) is 0 Å². The van der Waals surface area contributed by atoms with Crippen molar-refractivity contribution in [2.45, 2.75) is 19.4 Å². The number of carbonyl (C=O) groups is 2. The van der Waals surface area contributed by atoms with Gasteiger partial charge in [0.15, 0.2) is 0 Å². The van der Waals surface area contributed by atoms with E-state index < -0.39 is 0 Å². The fourth-order valence-corrected chi connectivity index (χ4v) is 5.15. The third-order valence-corrected chi connectivity index (χ3v) is 6.74. The van der Waals surface area contributed by atoms with Gasteiger partial charge in [-0.25, -0.2) is 9.78 Å². The molecule has 166 valence electrons. The first kappa shape index (κ1) is 19.8. The average molecular weight is 441 g/mol. The van der Waals surface area contributed by atoms with Crippen LogP contribution in [-0.2, 0) is 24.1 Å². The van der Waals surface area contributed by atoms with Crippen molar-refractivity contribution in [3.05, 3.63) is 83.0 Å². The summed E-state index contributed by atoms with van der Waals surface area (Å²) >= 11 is 0. The highest BCUT2D eigenvalue weighted by molar-refractivity contribution is 6.10. The van der Waals surface area contributed by atoms with Gasteiger partial charge in [0.25, 0.3) is 5.91 Å². The second kappa shape index (κ2) is 7.92. The minimum atomic E-state index is -0.283. The van der Waals surface area contributed by atoms with Crippen LogP contribution in [0, 0.1) is 0 Å². The molecule has 33 heavy (non-hydrogen) atoms. The van der Waals surface area contributed by atoms with E-state index in [9.17, 15) is 9.59 Å². The summed E-state index contributed by atoms with van der Waals surface area (Å²) in [7, 11) is 0. The van der Waals surface area contributed by atoms with Gasteiger partial charge in [0.2, 0.25) is 0 Å². The maximum atomic E-state index is 13.6. The monoisotopic (exact) mass is 440 g/mol. The Morgan fingerprint density at radius 2 is 1.73 bits per heavy atom. The van der Waals surface area contributed by atoms with Crippen molar-refractivity contribution in [1.82, 2.24) is 4.98 Å². The number of anilines is 3. The summed E-state index contributed by atoms with van der Waals surface area (Å²) in [5.74, 6) is 0.700. The van der Waals surface area contributed by atoms with Crippen molar-refractivity contribution in [3.63, 3.8) is 0 Å². The predicted octanol–water partition coefficient (Wildman–Crippen LogP) is 3.80. The predicted molar refractivity (Wildman–Crippen MR) is 126 cm³/mol. The first-order valence-corrected chi connectivity index (χ1v) is 11.4. The molecule has 2 amide bonds. The Kier molecular flexibility index (Phi) is 4.75. The van der Waals surface area contributed by atoms with Gasteiger partial charge in [-0.2, -0.15) is 0 Å². The topological polar surface area (TPSA) is 66.0 Å². The Hall–Kier alpha value is -3.87. The van der Waals surface area contributed by atoms with E-state index in [1.165, 1.54) is 11.1 Å². The van der Waals surface area contributed by atoms with Crippen LogP contribution in [-0.4, -0.2) is 43.2 Å². The maximum absolute atomic E-state index is 13.6. The molecule has 0 N–H and O–H groups in total. The fraction of sp³-hybridized carbons (Fsp3) is 0.269. The molecule has 3 aromatic rings. The lowest BCUT2D eigenvalue weighted by Gasteiger charge is -2.33. The Morgan fingerprint density at radius 1 is 0.879 bits per heavy atom. The van der Waals surface area contributed by atoms with Crippen LogP contribution >= 0.6 is 0 Å². The number of benzene rings is 2. The summed E-state index contributed by atoms with van der Waals surface area (Å²) in [5, 5.41) is 0. The second-order valence-corrected chi connectivity index (χ2v) is 8.56. The lowest BCUT2D eigenvalue weighted by Crippen LogP contribution is -2.36. The van der Waals surface area contributed by atoms with E-state index in [4.69, 9.17) is 4.74 Å². The molecule has 0 spiro atoms. The third kappa shape index (κ3) is 3.31. The first-order chi connectivity index (χ1) is 16.2. The highest BCUT2D eigenvalue weighted by Crippen LogP contribution is 2.34. The van der Waals surface area contributed by atoms with Crippen LogP contribution in [0.1, 0.15) is 27.0 Å². The molecule has 3 aliphatic rings. The van der Waals surface area contributed by atoms with Gasteiger partial charge in [0.05, 0.1) is 17.8 Å². The molecular weight excluding hydrogens is 416 g/mol. The molecule has 0 aliphatic carbocycles. The SMILES string of the molecule is O=C(c1cccnc1N1CCc2c(cccc2N2CCOC2=O)C1)N1CCc2ccccc21. The van der Waals surface area contributed by atoms with Gasteiger partial charge < -0.3 is 14.5 Å². The molecule has 6 rings (SSSR count). The number of aromatic nitrogens is 1. The van der Waals surface area contributed by atoms with Crippen molar-refractivity contribution in [3.8, 4) is 0 Å². The highest BCUT2D eigenvalue weighted by Gasteiger charge is 2.31. The molecule has 1 saturated heterocycles. The van der Waals surface area contributed by atoms with Crippen LogP contribution in [0.3, 0.4) is 0 Å². The van der Waals surface area contributed by atoms with Crippen molar-refractivity contribution < 1.29 is 14.3 Å². The molecule has 1 fully saturated rings. The van der Waals surface area contributed by atoms with Crippen LogP contribution in [0.4, 0.5) is 22.0 Å². The molecule has 4 heterocycles. The van der Waals surface area contributed by atoms with E-state index in [-0.39, 0.29) is 12.0 Å². The molecule has 7 heteroatoms. The molecule has 0 unspecified atom stereocenters. The molecule has 7 nitrogen and oxygen atoms in total. The summed E-state index contributed by atoms with van der Waals surface area (Å²) in [6, 6.07) is 17.9. The smallest absolute Gasteiger partial charge is 0.414 e. The average Bonchev–Trinajstić information content (AvgIpc) is 3.49. The van der Waals surface area contributed by atoms with Crippen LogP contribution in [0.5, 0.6) is 0 Å². The second-order valence-electron chi connectivity index (χ2n) is 8.56. The minimum Gasteiger partial charge on any atom is -0.447 e. The van der Waals surface area contributed by atoms with Gasteiger partial charge in [-0.1, -0.05) is 30.3 Å². The van der Waals surface area contributed by atoms with Gasteiger partial charge in [-0.15, -0.1) is 0 Å². The molecule has 3 aliphatic heterocycles. The van der Waals surface area contributed by atoms with Gasteiger partial charge in [0.1, 0.15) is 12.4 Å². The number of carbonyl (C=O) groups excluding carboxylic acids is 2. The largest absolute Gasteiger partial charge is 0.447 e. The number of ether oxygens (including phenoxy) is 1. The molecule has 1 aromatic heterocycles. The summed E-state index contributed by atoms with van der Waals surface area (Å²) in [6.45, 7) is 3.05. The van der Waals surface area contributed by atoms with Crippen molar-refractivity contribution >= 4 is 29.2 Å². The number of nitrogens with zero attached hydrogens (tertiary/aromatic N) is 4. The zero-order valence-electron chi connectivity index (χ0n) is 18.2. The van der Waals surface area contributed by atoms with E-state index >= 15 is 0 Å². The van der Waals surface area contributed by atoms with Crippen molar-refractivity contribution in [1.29, 1.82) is 0 Å². The van der Waals surface area contributed by atoms with E-state index in [0.29, 0.717) is 37.6 Å². The summed E-state index contributed by atoms with van der Waals surface area (Å²) < 4.78 is 5.14. The van der Waals surface area contributed by atoms with E-state index in [2.05, 4.69) is 22.0 Å². The number of amides is 2. The number of cyclic esters (lactones) is 1. The quantitative estimate of drug-likeness (QED) is 0.620. The number of hydrogen-bond acceptors (Lipinski definition) is 5. The van der Waals surface area contributed by atoms with Crippen molar-refractivity contribution in [2.24, 2.45) is 0 Å². The number of fused-ring (bicyclic) bond motifs is 2. The summed E-state index contributed by atoms with van der Waals surface area (Å²) in [4.78, 5) is 36.1. The number of para-hydroxylation sites is 1. The van der Waals surface area contributed by atoms with Gasteiger partial charge in [-0.05, 0) is 53.8 Å². The van der Waals surface area contributed by atoms with Gasteiger partial charge >= 0.3 is 6.09 Å². The summed E-state index contributed by atoms with van der Waals surface area (Å²) in [6.07, 6.45) is 3.10. The van der Waals surface area contributed by atoms with Crippen LogP contribution < -0.4 is 14.7 Å². The Labute approximate surface area is 192 Å². The maximum Gasteiger partial charge on any atom is 0.414 e. The lowest BCUT2D eigenvalue weighted by atomic mass is 9.96. The van der Waals surface area contributed by atoms with Crippen molar-refractivity contribution in [2.75, 3.05) is 40.9 Å². The summed E-state index contributed by atoms with van der Waals surface area (Å²) in [5.41, 5.74) is 6.07. The normalized spacial score (nSPS) is 17.1. The molecule has 0 saturated carbocycles. The molecule has 2 aromatic carbocycles. The fourth-order valence-electron chi connectivity index (χ4n) is 5.15. The Bertz CT molecular complexity index is 1260. The minimum absolute atomic E-state index is 0.0117. The molecular formula is C26H24N4O3. The van der Waals surface area contributed by atoms with Crippen LogP contribution in [0.15, 0.2) is 60.8 Å². The number of rotatable bonds is 3. The molecule has 0 atom stereocenters. The zero-order chi connectivity index (χ0) is 22.4. The Balaban J connectivity index is 1.30. The van der Waals surface area contributed by atoms with Gasteiger partial charge in [-0.3, -0.25) is 9.69 Å². The van der Waals surface area contributed by atoms with Crippen LogP contribution in [0.2, 0.25) is 0 Å². The number of pyridine rings is 1. The Morgan fingerprint density at radius 3 is 2.61 bits per heavy atom. The van der Waals surface area contributed by atoms with E-state index in [1.54, 1.807) is 11.1 Å².